The molecule has 0 unspecified atom stereocenters. The first kappa shape index (κ1) is 13.6. The normalized spacial score (nSPS) is 16.2. The van der Waals surface area contributed by atoms with Gasteiger partial charge in [0.2, 0.25) is 5.91 Å². The maximum Gasteiger partial charge on any atom is 0.326 e. The van der Waals surface area contributed by atoms with Crippen LogP contribution in [-0.4, -0.2) is 45.7 Å². The lowest BCUT2D eigenvalue weighted by molar-refractivity contribution is -0.146. The molecule has 1 heterocycles. The second kappa shape index (κ2) is 5.75. The maximum atomic E-state index is 11.6. The van der Waals surface area contributed by atoms with Gasteiger partial charge < -0.3 is 15.5 Å². The zero-order valence-electron chi connectivity index (χ0n) is 9.17. The molecule has 18 heavy (non-hydrogen) atoms. The monoisotopic (exact) mass is 257 g/mol. The van der Waals surface area contributed by atoms with Crippen LogP contribution in [0.4, 0.5) is 0 Å². The third kappa shape index (κ3) is 3.85. The van der Waals surface area contributed by atoms with Crippen molar-refractivity contribution in [3.8, 4) is 0 Å². The molecule has 0 saturated heterocycles. The van der Waals surface area contributed by atoms with Crippen molar-refractivity contribution in [1.29, 1.82) is 0 Å². The molecule has 9 nitrogen and oxygen atoms in total. The van der Waals surface area contributed by atoms with E-state index < -0.39 is 30.3 Å². The number of nitrogens with zero attached hydrogens (tertiary/aromatic N) is 1. The largest absolute Gasteiger partial charge is 0.481 e. The van der Waals surface area contributed by atoms with Crippen molar-refractivity contribution >= 4 is 29.5 Å². The topological polar surface area (TPSA) is 145 Å². The van der Waals surface area contributed by atoms with Crippen LogP contribution in [0, 0.1) is 0 Å². The molecule has 0 aromatic carbocycles. The molecule has 2 amide bonds. The number of carbonyl (C=O) groups is 4. The Morgan fingerprint density at radius 2 is 2.00 bits per heavy atom. The third-order valence-corrected chi connectivity index (χ3v) is 2.15. The van der Waals surface area contributed by atoms with E-state index in [1.165, 1.54) is 0 Å². The van der Waals surface area contributed by atoms with Gasteiger partial charge in [-0.15, -0.1) is 0 Å². The predicted octanol–water partition coefficient (Wildman–Crippen LogP) is -1.70. The summed E-state index contributed by atoms with van der Waals surface area (Å²) in [5.41, 5.74) is 2.04. The summed E-state index contributed by atoms with van der Waals surface area (Å²) in [5, 5.41) is 22.7. The van der Waals surface area contributed by atoms with Gasteiger partial charge in [-0.1, -0.05) is 0 Å². The number of aliphatic carboxylic acids is 2. The first-order valence-electron chi connectivity index (χ1n) is 5.01. The quantitative estimate of drug-likeness (QED) is 0.461. The zero-order chi connectivity index (χ0) is 13.7. The molecule has 0 saturated carbocycles. The highest BCUT2D eigenvalue weighted by atomic mass is 16.4. The molecule has 1 rings (SSSR count). The summed E-state index contributed by atoms with van der Waals surface area (Å²) in [7, 11) is 0. The molecule has 1 aliphatic heterocycles. The van der Waals surface area contributed by atoms with Crippen LogP contribution >= 0.6 is 0 Å². The number of amides is 2. The summed E-state index contributed by atoms with van der Waals surface area (Å²) >= 11 is 0. The van der Waals surface area contributed by atoms with Crippen molar-refractivity contribution in [2.75, 3.05) is 0 Å². The Hall–Kier alpha value is -2.45. The van der Waals surface area contributed by atoms with E-state index in [9.17, 15) is 19.2 Å². The summed E-state index contributed by atoms with van der Waals surface area (Å²) < 4.78 is 0. The van der Waals surface area contributed by atoms with Gasteiger partial charge in [0.15, 0.2) is 0 Å². The van der Waals surface area contributed by atoms with Crippen molar-refractivity contribution in [2.24, 2.45) is 5.10 Å². The molecule has 0 fully saturated rings. The summed E-state index contributed by atoms with van der Waals surface area (Å²) in [5.74, 6) is -3.94. The molecule has 0 spiro atoms. The average molecular weight is 257 g/mol. The van der Waals surface area contributed by atoms with E-state index in [0.29, 0.717) is 0 Å². The molecule has 1 atom stereocenters. The number of hydrazone groups is 1. The van der Waals surface area contributed by atoms with Crippen molar-refractivity contribution in [3.63, 3.8) is 0 Å². The van der Waals surface area contributed by atoms with Gasteiger partial charge in [-0.05, 0) is 0 Å². The van der Waals surface area contributed by atoms with Crippen LogP contribution in [-0.2, 0) is 19.2 Å². The number of carbonyl (C=O) groups excluding carboxylic acids is 2. The Balaban J connectivity index is 2.64. The van der Waals surface area contributed by atoms with E-state index in [0.717, 1.165) is 0 Å². The van der Waals surface area contributed by atoms with Gasteiger partial charge in [0, 0.05) is 12.8 Å². The van der Waals surface area contributed by atoms with E-state index in [1.807, 2.05) is 5.32 Å². The number of nitrogens with one attached hydrogen (secondary N) is 2. The van der Waals surface area contributed by atoms with Crippen LogP contribution in [0.5, 0.6) is 0 Å². The highest BCUT2D eigenvalue weighted by Gasteiger charge is 2.26. The van der Waals surface area contributed by atoms with E-state index in [2.05, 4.69) is 10.5 Å². The predicted molar refractivity (Wildman–Crippen MR) is 56.6 cm³/mol. The number of carboxylic acids is 2. The fraction of sp³-hybridized carbons (Fsp3) is 0.444. The molecule has 9 heteroatoms. The Morgan fingerprint density at radius 1 is 1.33 bits per heavy atom. The van der Waals surface area contributed by atoms with Gasteiger partial charge in [0.25, 0.3) is 5.91 Å². The molecule has 0 aromatic rings. The zero-order valence-corrected chi connectivity index (χ0v) is 9.17. The molecule has 0 bridgehead atoms. The maximum absolute atomic E-state index is 11.6. The van der Waals surface area contributed by atoms with Gasteiger partial charge in [0.05, 0.1) is 6.42 Å². The Bertz CT molecular complexity index is 430. The minimum absolute atomic E-state index is 0.0359. The van der Waals surface area contributed by atoms with E-state index in [-0.39, 0.29) is 24.5 Å². The molecular formula is C9H11N3O6. The van der Waals surface area contributed by atoms with Crippen LogP contribution in [0.2, 0.25) is 0 Å². The molecule has 98 valence electrons. The molecule has 1 aliphatic rings. The fourth-order valence-electron chi connectivity index (χ4n) is 1.25. The van der Waals surface area contributed by atoms with Crippen molar-refractivity contribution in [2.45, 2.75) is 25.3 Å². The first-order chi connectivity index (χ1) is 8.40. The van der Waals surface area contributed by atoms with E-state index >= 15 is 0 Å². The van der Waals surface area contributed by atoms with Gasteiger partial charge in [-0.3, -0.25) is 14.4 Å². The minimum atomic E-state index is -1.53. The van der Waals surface area contributed by atoms with Gasteiger partial charge >= 0.3 is 11.9 Å². The van der Waals surface area contributed by atoms with Crippen molar-refractivity contribution in [3.05, 3.63) is 0 Å². The van der Waals surface area contributed by atoms with Crippen LogP contribution in [0.3, 0.4) is 0 Å². The number of carboxylic acid groups (broad SMARTS) is 2. The minimum Gasteiger partial charge on any atom is -0.481 e. The molecule has 4 N–H and O–H groups in total. The van der Waals surface area contributed by atoms with Crippen molar-refractivity contribution in [1.82, 2.24) is 10.7 Å². The Morgan fingerprint density at radius 3 is 2.44 bits per heavy atom. The number of rotatable bonds is 5. The van der Waals surface area contributed by atoms with Gasteiger partial charge in [-0.2, -0.15) is 5.10 Å². The van der Waals surface area contributed by atoms with Gasteiger partial charge in [0.1, 0.15) is 11.8 Å². The highest BCUT2D eigenvalue weighted by Crippen LogP contribution is 2.01. The third-order valence-electron chi connectivity index (χ3n) is 2.15. The van der Waals surface area contributed by atoms with Crippen LogP contribution in [0.25, 0.3) is 0 Å². The summed E-state index contributed by atoms with van der Waals surface area (Å²) in [6.07, 6.45) is -0.583. The average Bonchev–Trinajstić information content (AvgIpc) is 2.28. The van der Waals surface area contributed by atoms with E-state index in [1.54, 1.807) is 0 Å². The number of hydrogen-bond acceptors (Lipinski definition) is 5. The van der Waals surface area contributed by atoms with Crippen LogP contribution < -0.4 is 10.7 Å². The summed E-state index contributed by atoms with van der Waals surface area (Å²) in [4.78, 5) is 43.5. The smallest absolute Gasteiger partial charge is 0.326 e. The SMILES string of the molecule is O=C(O)C[C@H](NC(=O)C1=NNC(=O)CC1)C(=O)O. The molecular weight excluding hydrogens is 246 g/mol. The Kier molecular flexibility index (Phi) is 4.35. The second-order valence-electron chi connectivity index (χ2n) is 3.56. The molecule has 0 radical (unpaired) electrons. The summed E-state index contributed by atoms with van der Waals surface area (Å²) in [6, 6.07) is -1.53. The van der Waals surface area contributed by atoms with E-state index in [4.69, 9.17) is 10.2 Å². The summed E-state index contributed by atoms with van der Waals surface area (Å²) in [6.45, 7) is 0. The van der Waals surface area contributed by atoms with Crippen LogP contribution in [0.15, 0.2) is 5.10 Å². The highest BCUT2D eigenvalue weighted by molar-refractivity contribution is 6.39. The fourth-order valence-corrected chi connectivity index (χ4v) is 1.25. The standard InChI is InChI=1S/C9H11N3O6/c13-6-2-1-4(11-12-6)8(16)10-5(9(17)18)3-7(14)15/h5H,1-3H2,(H,10,16)(H,12,13)(H,14,15)(H,17,18)/t5-/m0/s1. The lowest BCUT2D eigenvalue weighted by atomic mass is 10.1. The second-order valence-corrected chi connectivity index (χ2v) is 3.56. The van der Waals surface area contributed by atoms with Gasteiger partial charge in [-0.25, -0.2) is 10.2 Å². The lowest BCUT2D eigenvalue weighted by Crippen LogP contribution is -2.46. The Labute approximate surface area is 101 Å². The molecule has 0 aliphatic carbocycles. The lowest BCUT2D eigenvalue weighted by Gasteiger charge is -2.15. The number of hydrogen-bond donors (Lipinski definition) is 4. The van der Waals surface area contributed by atoms with Crippen molar-refractivity contribution < 1.29 is 29.4 Å². The molecule has 0 aromatic heterocycles. The first-order valence-corrected chi connectivity index (χ1v) is 5.01. The van der Waals surface area contributed by atoms with Crippen LogP contribution in [0.1, 0.15) is 19.3 Å².